The molecule has 0 spiro atoms. The van der Waals surface area contributed by atoms with Crippen molar-refractivity contribution in [3.63, 3.8) is 0 Å². The Hall–Kier alpha value is -0.860. The van der Waals surface area contributed by atoms with Crippen LogP contribution in [0.3, 0.4) is 0 Å². The Kier molecular flexibility index (Phi) is 4.19. The van der Waals surface area contributed by atoms with E-state index in [9.17, 15) is 4.21 Å². The van der Waals surface area contributed by atoms with E-state index in [-0.39, 0.29) is 0 Å². The average Bonchev–Trinajstić information content (AvgIpc) is 2.39. The number of benzene rings is 1. The molecule has 2 rings (SSSR count). The summed E-state index contributed by atoms with van der Waals surface area (Å²) in [5.41, 5.74) is 2.17. The van der Waals surface area contributed by atoms with Gasteiger partial charge in [0.2, 0.25) is 0 Å². The smallest absolute Gasteiger partial charge is 0.113 e. The quantitative estimate of drug-likeness (QED) is 0.780. The lowest BCUT2D eigenvalue weighted by molar-refractivity contribution is 0.687. The molecular formula is C14H15ClOS. The predicted molar refractivity (Wildman–Crippen MR) is 73.5 cm³/mol. The highest BCUT2D eigenvalue weighted by atomic mass is 35.5. The van der Waals surface area contributed by atoms with Gasteiger partial charge in [0.25, 0.3) is 0 Å². The van der Waals surface area contributed by atoms with Crippen LogP contribution >= 0.6 is 11.6 Å². The summed E-state index contributed by atoms with van der Waals surface area (Å²) < 4.78 is 12.7. The highest BCUT2D eigenvalue weighted by Crippen LogP contribution is 2.27. The minimum Gasteiger partial charge on any atom is -0.248 e. The Morgan fingerprint density at radius 1 is 1.29 bits per heavy atom. The number of rotatable bonds is 2. The summed E-state index contributed by atoms with van der Waals surface area (Å²) in [7, 11) is -1.24. The van der Waals surface area contributed by atoms with Crippen LogP contribution in [0.1, 0.15) is 24.8 Å². The molecule has 0 heterocycles. The molecular weight excluding hydrogens is 252 g/mol. The van der Waals surface area contributed by atoms with Crippen LogP contribution in [0.25, 0.3) is 0 Å². The second kappa shape index (κ2) is 5.65. The Morgan fingerprint density at radius 3 is 2.59 bits per heavy atom. The van der Waals surface area contributed by atoms with E-state index >= 15 is 0 Å². The fourth-order valence-electron chi connectivity index (χ4n) is 1.77. The van der Waals surface area contributed by atoms with E-state index in [0.29, 0.717) is 4.36 Å². The molecule has 0 amide bonds. The molecule has 1 aromatic rings. The van der Waals surface area contributed by atoms with Gasteiger partial charge in [-0.3, -0.25) is 0 Å². The van der Waals surface area contributed by atoms with Gasteiger partial charge in [-0.25, -0.2) is 4.21 Å². The first-order valence-corrected chi connectivity index (χ1v) is 7.25. The summed E-state index contributed by atoms with van der Waals surface area (Å²) in [4.78, 5) is 0.770. The van der Waals surface area contributed by atoms with Gasteiger partial charge in [-0.2, -0.15) is 0 Å². The van der Waals surface area contributed by atoms with Crippen LogP contribution in [0.2, 0.25) is 0 Å². The lowest BCUT2D eigenvalue weighted by Gasteiger charge is -2.10. The number of aryl methyl sites for hydroxylation is 1. The highest BCUT2D eigenvalue weighted by molar-refractivity contribution is 7.90. The Morgan fingerprint density at radius 2 is 2.00 bits per heavy atom. The molecule has 0 radical (unpaired) electrons. The highest BCUT2D eigenvalue weighted by Gasteiger charge is 2.13. The van der Waals surface area contributed by atoms with E-state index in [0.717, 1.165) is 35.3 Å². The second-order valence-corrected chi connectivity index (χ2v) is 6.19. The number of halogens is 1. The SMILES string of the molecule is Cc1ccc(S(=O)C(Cl)=C2C=CCCC2)cc1. The van der Waals surface area contributed by atoms with Crippen LogP contribution in [0.15, 0.2) is 51.3 Å². The molecule has 1 aromatic carbocycles. The summed E-state index contributed by atoms with van der Waals surface area (Å²) in [6, 6.07) is 7.67. The van der Waals surface area contributed by atoms with E-state index in [2.05, 4.69) is 6.08 Å². The van der Waals surface area contributed by atoms with Crippen LogP contribution < -0.4 is 0 Å². The van der Waals surface area contributed by atoms with Crippen LogP contribution in [0.5, 0.6) is 0 Å². The molecule has 0 saturated carbocycles. The number of allylic oxidation sites excluding steroid dienone is 3. The van der Waals surface area contributed by atoms with Gasteiger partial charge in [0.05, 0.1) is 10.8 Å². The first-order chi connectivity index (χ1) is 8.18. The first-order valence-electron chi connectivity index (χ1n) is 5.72. The van der Waals surface area contributed by atoms with Crippen LogP contribution in [0.4, 0.5) is 0 Å². The van der Waals surface area contributed by atoms with Crippen molar-refractivity contribution in [3.05, 3.63) is 51.9 Å². The molecule has 1 atom stereocenters. The molecule has 17 heavy (non-hydrogen) atoms. The lowest BCUT2D eigenvalue weighted by Crippen LogP contribution is -1.97. The number of hydrogen-bond donors (Lipinski definition) is 0. The van der Waals surface area contributed by atoms with Gasteiger partial charge in [0.1, 0.15) is 4.36 Å². The fourth-order valence-corrected chi connectivity index (χ4v) is 3.19. The largest absolute Gasteiger partial charge is 0.248 e. The molecule has 1 aliphatic carbocycles. The van der Waals surface area contributed by atoms with E-state index in [1.54, 1.807) is 0 Å². The van der Waals surface area contributed by atoms with E-state index in [4.69, 9.17) is 11.6 Å². The van der Waals surface area contributed by atoms with E-state index < -0.39 is 10.8 Å². The topological polar surface area (TPSA) is 17.1 Å². The molecule has 90 valence electrons. The predicted octanol–water partition coefficient (Wildman–Crippen LogP) is 4.29. The molecule has 0 N–H and O–H groups in total. The molecule has 0 bridgehead atoms. The third kappa shape index (κ3) is 3.08. The first kappa shape index (κ1) is 12.6. The van der Waals surface area contributed by atoms with Gasteiger partial charge >= 0.3 is 0 Å². The summed E-state index contributed by atoms with van der Waals surface area (Å²) in [6.07, 6.45) is 7.19. The van der Waals surface area contributed by atoms with Crippen LogP contribution in [0, 0.1) is 6.92 Å². The molecule has 3 heteroatoms. The summed E-state index contributed by atoms with van der Waals surface area (Å²) in [5.74, 6) is 0. The Bertz CT molecular complexity index is 485. The maximum absolute atomic E-state index is 12.2. The molecule has 0 fully saturated rings. The van der Waals surface area contributed by atoms with Crippen molar-refractivity contribution in [2.75, 3.05) is 0 Å². The van der Waals surface area contributed by atoms with Crippen LogP contribution in [-0.4, -0.2) is 4.21 Å². The Labute approximate surface area is 110 Å². The van der Waals surface area contributed by atoms with Crippen molar-refractivity contribution in [1.29, 1.82) is 0 Å². The summed E-state index contributed by atoms with van der Waals surface area (Å²) in [6.45, 7) is 2.01. The van der Waals surface area contributed by atoms with Crippen molar-refractivity contribution in [2.24, 2.45) is 0 Å². The zero-order chi connectivity index (χ0) is 12.3. The zero-order valence-electron chi connectivity index (χ0n) is 9.78. The third-order valence-corrected chi connectivity index (χ3v) is 4.74. The molecule has 1 nitrogen and oxygen atoms in total. The molecule has 0 aliphatic heterocycles. The van der Waals surface area contributed by atoms with Gasteiger partial charge in [-0.15, -0.1) is 0 Å². The van der Waals surface area contributed by atoms with Gasteiger partial charge in [0.15, 0.2) is 0 Å². The Balaban J connectivity index is 2.28. The molecule has 0 aromatic heterocycles. The van der Waals surface area contributed by atoms with Crippen molar-refractivity contribution >= 4 is 22.4 Å². The normalized spacial score (nSPS) is 20.1. The minimum atomic E-state index is -1.24. The van der Waals surface area contributed by atoms with Crippen molar-refractivity contribution < 1.29 is 4.21 Å². The molecule has 1 aliphatic rings. The van der Waals surface area contributed by atoms with Gasteiger partial charge in [-0.1, -0.05) is 41.4 Å². The van der Waals surface area contributed by atoms with Gasteiger partial charge in [0, 0.05) is 4.90 Å². The van der Waals surface area contributed by atoms with Crippen molar-refractivity contribution in [2.45, 2.75) is 31.1 Å². The van der Waals surface area contributed by atoms with E-state index in [1.807, 2.05) is 37.3 Å². The van der Waals surface area contributed by atoms with Crippen LogP contribution in [-0.2, 0) is 10.8 Å². The summed E-state index contributed by atoms with van der Waals surface area (Å²) >= 11 is 6.21. The standard InChI is InChI=1S/C14H15ClOS/c1-11-7-9-13(10-8-11)17(16)14(15)12-5-3-2-4-6-12/h3,5,7-10H,2,4,6H2,1H3. The van der Waals surface area contributed by atoms with Gasteiger partial charge in [-0.05, 0) is 43.9 Å². The zero-order valence-corrected chi connectivity index (χ0v) is 11.4. The maximum atomic E-state index is 12.2. The molecule has 0 saturated heterocycles. The summed E-state index contributed by atoms with van der Waals surface area (Å²) in [5, 5.41) is 0. The minimum absolute atomic E-state index is 0.477. The lowest BCUT2D eigenvalue weighted by atomic mass is 10.0. The average molecular weight is 267 g/mol. The fraction of sp³-hybridized carbons (Fsp3) is 0.286. The second-order valence-electron chi connectivity index (χ2n) is 4.18. The molecule has 1 unspecified atom stereocenters. The van der Waals surface area contributed by atoms with Crippen molar-refractivity contribution in [1.82, 2.24) is 0 Å². The van der Waals surface area contributed by atoms with E-state index in [1.165, 1.54) is 0 Å². The number of hydrogen-bond acceptors (Lipinski definition) is 1. The monoisotopic (exact) mass is 266 g/mol. The maximum Gasteiger partial charge on any atom is 0.113 e. The van der Waals surface area contributed by atoms with Gasteiger partial charge < -0.3 is 0 Å². The third-order valence-electron chi connectivity index (χ3n) is 2.79. The van der Waals surface area contributed by atoms with Crippen molar-refractivity contribution in [3.8, 4) is 0 Å².